The highest BCUT2D eigenvalue weighted by molar-refractivity contribution is 5.69. The summed E-state index contributed by atoms with van der Waals surface area (Å²) in [4.78, 5) is 21.2. The lowest BCUT2D eigenvalue weighted by molar-refractivity contribution is 0.135. The van der Waals surface area contributed by atoms with Crippen LogP contribution in [0, 0.1) is 16.7 Å². The molecule has 3 heterocycles. The van der Waals surface area contributed by atoms with Crippen LogP contribution in [0.15, 0.2) is 30.6 Å². The summed E-state index contributed by atoms with van der Waals surface area (Å²) in [7, 11) is 0. The highest BCUT2D eigenvalue weighted by Crippen LogP contribution is 2.39. The van der Waals surface area contributed by atoms with E-state index in [1.165, 1.54) is 36.9 Å². The summed E-state index contributed by atoms with van der Waals surface area (Å²) in [5, 5.41) is 37.1. The van der Waals surface area contributed by atoms with Crippen molar-refractivity contribution in [1.29, 1.82) is 5.26 Å². The van der Waals surface area contributed by atoms with Crippen molar-refractivity contribution in [2.75, 3.05) is 0 Å². The van der Waals surface area contributed by atoms with Crippen molar-refractivity contribution in [1.82, 2.24) is 15.7 Å². The Morgan fingerprint density at radius 1 is 0.971 bits per heavy atom. The number of nitriles is 1. The van der Waals surface area contributed by atoms with Gasteiger partial charge in [-0.1, -0.05) is 67.2 Å². The van der Waals surface area contributed by atoms with Gasteiger partial charge in [0.1, 0.15) is 11.8 Å². The van der Waals surface area contributed by atoms with Crippen LogP contribution in [0.1, 0.15) is 78.6 Å². The molecule has 10 heteroatoms. The Labute approximate surface area is 208 Å². The quantitative estimate of drug-likeness (QED) is 0.293. The van der Waals surface area contributed by atoms with Gasteiger partial charge in [-0.25, -0.2) is 9.59 Å². The Kier molecular flexibility index (Phi) is 20.4. The highest BCUT2D eigenvalue weighted by atomic mass is 16.6. The fraction of sp³-hybridized carbons (Fsp3) is 0.520. The second kappa shape index (κ2) is 19.9. The van der Waals surface area contributed by atoms with Gasteiger partial charge in [-0.15, -0.1) is 0 Å². The molecule has 0 radical (unpaired) electrons. The van der Waals surface area contributed by atoms with Gasteiger partial charge in [0.05, 0.1) is 0 Å². The topological polar surface area (TPSA) is 192 Å². The molecule has 0 bridgehead atoms. The van der Waals surface area contributed by atoms with Crippen LogP contribution >= 0.6 is 0 Å². The van der Waals surface area contributed by atoms with E-state index in [-0.39, 0.29) is 11.6 Å². The molecule has 0 amide bonds. The highest BCUT2D eigenvalue weighted by Gasteiger charge is 2.32. The first-order valence-electron chi connectivity index (χ1n) is 11.3. The zero-order chi connectivity index (χ0) is 26.7. The van der Waals surface area contributed by atoms with E-state index in [0.29, 0.717) is 0 Å². The van der Waals surface area contributed by atoms with Crippen LogP contribution in [0.2, 0.25) is 0 Å². The second-order valence-electron chi connectivity index (χ2n) is 8.23. The molecule has 2 aromatic heterocycles. The van der Waals surface area contributed by atoms with E-state index in [1.807, 2.05) is 18.2 Å². The fourth-order valence-electron chi connectivity index (χ4n) is 2.77. The average Bonchev–Trinajstić information content (AvgIpc) is 3.26. The molecule has 10 nitrogen and oxygen atoms in total. The van der Waals surface area contributed by atoms with E-state index in [4.69, 9.17) is 30.0 Å². The van der Waals surface area contributed by atoms with E-state index < -0.39 is 12.3 Å². The number of carboxylic acid groups (broad SMARTS) is 4. The molecule has 7 N–H and O–H groups in total. The van der Waals surface area contributed by atoms with Crippen LogP contribution in [0.5, 0.6) is 0 Å². The third-order valence-corrected chi connectivity index (χ3v) is 4.55. The van der Waals surface area contributed by atoms with Crippen molar-refractivity contribution in [2.45, 2.75) is 80.2 Å². The maximum Gasteiger partial charge on any atom is 0.503 e. The third kappa shape index (κ3) is 16.6. The third-order valence-electron chi connectivity index (χ3n) is 4.55. The lowest BCUT2D eigenvalue weighted by Gasteiger charge is -2.15. The van der Waals surface area contributed by atoms with E-state index in [9.17, 15) is 5.26 Å². The maximum absolute atomic E-state index is 9.25. The van der Waals surface area contributed by atoms with Gasteiger partial charge in [-0.2, -0.15) is 5.26 Å². The van der Waals surface area contributed by atoms with Crippen LogP contribution < -0.4 is 6.15 Å². The molecule has 0 atom stereocenters. The largest absolute Gasteiger partial charge is 0.503 e. The normalized spacial score (nSPS) is 11.5. The lowest BCUT2D eigenvalue weighted by atomic mass is 9.89. The van der Waals surface area contributed by atoms with Crippen LogP contribution in [0.25, 0.3) is 11.1 Å². The van der Waals surface area contributed by atoms with Gasteiger partial charge < -0.3 is 31.1 Å². The number of aromatic nitrogens is 2. The van der Waals surface area contributed by atoms with Gasteiger partial charge in [0.15, 0.2) is 0 Å². The summed E-state index contributed by atoms with van der Waals surface area (Å²) < 4.78 is 2.16. The number of pyridine rings is 1. The molecule has 0 saturated carbocycles. The summed E-state index contributed by atoms with van der Waals surface area (Å²) in [6.07, 6.45) is 6.23. The Balaban J connectivity index is -0.000000500. The molecule has 3 rings (SSSR count). The van der Waals surface area contributed by atoms with Crippen molar-refractivity contribution in [3.63, 3.8) is 0 Å². The predicted octanol–water partition coefficient (Wildman–Crippen LogP) is 7.22. The molecule has 0 saturated heterocycles. The molecule has 0 unspecified atom stereocenters. The first-order chi connectivity index (χ1) is 15.9. The van der Waals surface area contributed by atoms with Gasteiger partial charge in [0.25, 0.3) is 0 Å². The molecular formula is C25H42N4O6. The molecule has 0 aromatic carbocycles. The van der Waals surface area contributed by atoms with Gasteiger partial charge in [0, 0.05) is 30.2 Å². The Morgan fingerprint density at radius 2 is 1.37 bits per heavy atom. The van der Waals surface area contributed by atoms with Gasteiger partial charge >= 0.3 is 12.3 Å². The summed E-state index contributed by atoms with van der Waals surface area (Å²) in [6, 6.07) is 8.31. The second-order valence-corrected chi connectivity index (χ2v) is 8.23. The molecular weight excluding hydrogens is 452 g/mol. The monoisotopic (exact) mass is 494 g/mol. The Morgan fingerprint density at radius 3 is 1.71 bits per heavy atom. The van der Waals surface area contributed by atoms with E-state index in [0.717, 1.165) is 24.2 Å². The predicted molar refractivity (Wildman–Crippen MR) is 137 cm³/mol. The number of nitrogens with zero attached hydrogens (tertiary/aromatic N) is 3. The SMILES string of the molecule is CC1(C)Cc2c(-c3ccncc3)cc(C#N)n2C1.CCCC.CCCC.N.O=C(O)O.O=C(O)O. The molecule has 0 spiro atoms. The number of fused-ring (bicyclic) bond motifs is 1. The molecule has 0 fully saturated rings. The first kappa shape index (κ1) is 36.0. The molecule has 1 aliphatic rings. The maximum atomic E-state index is 9.25. The van der Waals surface area contributed by atoms with Crippen molar-refractivity contribution in [2.24, 2.45) is 5.41 Å². The minimum absolute atomic E-state index is 0. The minimum Gasteiger partial charge on any atom is -0.450 e. The van der Waals surface area contributed by atoms with Crippen molar-refractivity contribution in [3.05, 3.63) is 42.0 Å². The van der Waals surface area contributed by atoms with Crippen LogP contribution in [0.3, 0.4) is 0 Å². The molecule has 2 aromatic rings. The number of hydrogen-bond donors (Lipinski definition) is 5. The van der Waals surface area contributed by atoms with E-state index in [1.54, 1.807) is 12.4 Å². The minimum atomic E-state index is -1.83. The lowest BCUT2D eigenvalue weighted by Crippen LogP contribution is -2.12. The van der Waals surface area contributed by atoms with Gasteiger partial charge in [0.2, 0.25) is 0 Å². The summed E-state index contributed by atoms with van der Waals surface area (Å²) in [5.41, 5.74) is 4.61. The zero-order valence-electron chi connectivity index (χ0n) is 21.8. The molecule has 1 aliphatic heterocycles. The summed E-state index contributed by atoms with van der Waals surface area (Å²) in [6.45, 7) is 14.1. The zero-order valence-corrected chi connectivity index (χ0v) is 21.8. The molecule has 198 valence electrons. The molecule has 0 aliphatic carbocycles. The smallest absolute Gasteiger partial charge is 0.450 e. The van der Waals surface area contributed by atoms with Crippen molar-refractivity contribution >= 4 is 12.3 Å². The average molecular weight is 495 g/mol. The standard InChI is InChI=1S/C15H15N3.2C4H10.2CH2O3.H3N/c1-15(2)8-14-13(11-3-5-17-6-4-11)7-12(9-16)18(14)10-15;2*1-3-4-2;2*2-1(3)4;/h3-7H,8,10H2,1-2H3;2*3-4H2,1-2H3;2*(H2,2,3,4);1H3. The van der Waals surface area contributed by atoms with Crippen LogP contribution in [-0.2, 0) is 13.0 Å². The number of carbonyl (C=O) groups is 2. The summed E-state index contributed by atoms with van der Waals surface area (Å²) >= 11 is 0. The van der Waals surface area contributed by atoms with Crippen LogP contribution in [-0.4, -0.2) is 42.3 Å². The summed E-state index contributed by atoms with van der Waals surface area (Å²) in [5.74, 6) is 0. The van der Waals surface area contributed by atoms with E-state index in [2.05, 4.69) is 57.2 Å². The number of unbranched alkanes of at least 4 members (excludes halogenated alkanes) is 2. The fourth-order valence-corrected chi connectivity index (χ4v) is 2.77. The van der Waals surface area contributed by atoms with Gasteiger partial charge in [-0.05, 0) is 35.6 Å². The first-order valence-corrected chi connectivity index (χ1v) is 11.3. The van der Waals surface area contributed by atoms with Crippen molar-refractivity contribution < 1.29 is 30.0 Å². The number of rotatable bonds is 3. The van der Waals surface area contributed by atoms with Gasteiger partial charge in [-0.3, -0.25) is 4.98 Å². The Hall–Kier alpha value is -3.58. The number of hydrogen-bond acceptors (Lipinski definition) is 5. The Bertz CT molecular complexity index is 861. The molecule has 35 heavy (non-hydrogen) atoms. The van der Waals surface area contributed by atoms with Crippen molar-refractivity contribution in [3.8, 4) is 17.2 Å². The van der Waals surface area contributed by atoms with Crippen LogP contribution in [0.4, 0.5) is 9.59 Å². The van der Waals surface area contributed by atoms with E-state index >= 15 is 0 Å².